The number of hydrogen-bond donors (Lipinski definition) is 1. The maximum Gasteiger partial charge on any atom is 0.394 e. The molecular weight excluding hydrogens is 412 g/mol. The minimum Gasteiger partial charge on any atom is -0.487 e. The molecule has 1 amide bonds. The number of nitrogens with one attached hydrogen (secondary N) is 1. The summed E-state index contributed by atoms with van der Waals surface area (Å²) in [6.45, 7) is 3.13. The Labute approximate surface area is 178 Å². The number of imidazole rings is 1. The lowest BCUT2D eigenvalue weighted by Crippen LogP contribution is -2.17. The highest BCUT2D eigenvalue weighted by molar-refractivity contribution is 6.05. The van der Waals surface area contributed by atoms with Crippen molar-refractivity contribution in [3.63, 3.8) is 0 Å². The van der Waals surface area contributed by atoms with E-state index in [9.17, 15) is 14.9 Å². The molecule has 0 unspecified atom stereocenters. The minimum absolute atomic E-state index is 0.161. The summed E-state index contributed by atoms with van der Waals surface area (Å²) in [6, 6.07) is 4.84. The molecule has 2 aromatic rings. The first-order valence-electron chi connectivity index (χ1n) is 9.66. The van der Waals surface area contributed by atoms with Gasteiger partial charge in [-0.05, 0) is 22.0 Å². The molecule has 31 heavy (non-hydrogen) atoms. The van der Waals surface area contributed by atoms with Crippen LogP contribution in [0, 0.1) is 10.1 Å². The van der Waals surface area contributed by atoms with E-state index in [1.807, 2.05) is 0 Å². The largest absolute Gasteiger partial charge is 0.487 e. The van der Waals surface area contributed by atoms with Crippen molar-refractivity contribution in [2.24, 2.45) is 7.05 Å². The van der Waals surface area contributed by atoms with Crippen LogP contribution in [0.5, 0.6) is 11.5 Å². The lowest BCUT2D eigenvalue weighted by atomic mass is 10.2. The Morgan fingerprint density at radius 3 is 2.19 bits per heavy atom. The van der Waals surface area contributed by atoms with E-state index in [-0.39, 0.29) is 12.3 Å². The maximum absolute atomic E-state index is 12.6. The maximum atomic E-state index is 12.6. The van der Waals surface area contributed by atoms with Crippen LogP contribution in [0.2, 0.25) is 0 Å². The molecule has 0 saturated heterocycles. The number of aryl methyl sites for hydroxylation is 1. The molecule has 0 aliphatic carbocycles. The number of anilines is 1. The van der Waals surface area contributed by atoms with Crippen molar-refractivity contribution in [2.75, 3.05) is 58.2 Å². The summed E-state index contributed by atoms with van der Waals surface area (Å²) in [4.78, 5) is 26.7. The molecule has 1 aromatic heterocycles. The van der Waals surface area contributed by atoms with E-state index in [0.717, 1.165) is 0 Å². The highest BCUT2D eigenvalue weighted by Gasteiger charge is 2.26. The van der Waals surface area contributed by atoms with Gasteiger partial charge in [-0.15, -0.1) is 0 Å². The van der Waals surface area contributed by atoms with Crippen molar-refractivity contribution in [3.05, 3.63) is 40.3 Å². The van der Waals surface area contributed by atoms with Crippen LogP contribution < -0.4 is 14.8 Å². The smallest absolute Gasteiger partial charge is 0.394 e. The van der Waals surface area contributed by atoms with Gasteiger partial charge in [0, 0.05) is 18.8 Å². The Bertz CT molecular complexity index is 901. The summed E-state index contributed by atoms with van der Waals surface area (Å²) in [5.74, 6) is -0.317. The van der Waals surface area contributed by atoms with Gasteiger partial charge in [0.25, 0.3) is 5.91 Å². The van der Waals surface area contributed by atoms with Crippen molar-refractivity contribution in [3.8, 4) is 11.5 Å². The topological polar surface area (TPSA) is 136 Å². The number of benzene rings is 1. The normalized spacial score (nSPS) is 16.0. The van der Waals surface area contributed by atoms with E-state index in [2.05, 4.69) is 10.3 Å². The van der Waals surface area contributed by atoms with Crippen molar-refractivity contribution < 1.29 is 33.4 Å². The third kappa shape index (κ3) is 6.38. The first-order valence-corrected chi connectivity index (χ1v) is 9.66. The molecule has 2 heterocycles. The zero-order valence-electron chi connectivity index (χ0n) is 17.1. The molecule has 1 aromatic carbocycles. The van der Waals surface area contributed by atoms with Crippen LogP contribution in [0.1, 0.15) is 10.5 Å². The molecule has 1 N–H and O–H groups in total. The number of rotatable bonds is 3. The van der Waals surface area contributed by atoms with Crippen molar-refractivity contribution in [1.29, 1.82) is 0 Å². The molecule has 168 valence electrons. The van der Waals surface area contributed by atoms with Crippen molar-refractivity contribution in [1.82, 2.24) is 9.55 Å². The van der Waals surface area contributed by atoms with Gasteiger partial charge in [0.2, 0.25) is 12.0 Å². The van der Waals surface area contributed by atoms with Crippen LogP contribution in [-0.2, 0) is 21.3 Å². The number of carbonyl (C=O) groups excluding carboxylic acids is 1. The van der Waals surface area contributed by atoms with E-state index in [4.69, 9.17) is 23.7 Å². The van der Waals surface area contributed by atoms with Crippen LogP contribution in [0.3, 0.4) is 0 Å². The molecule has 0 saturated carbocycles. The van der Waals surface area contributed by atoms with Gasteiger partial charge in [0.15, 0.2) is 11.5 Å². The van der Waals surface area contributed by atoms with Crippen LogP contribution in [0.4, 0.5) is 11.5 Å². The van der Waals surface area contributed by atoms with Gasteiger partial charge in [-0.3, -0.25) is 4.79 Å². The number of hydrogen-bond acceptors (Lipinski definition) is 9. The summed E-state index contributed by atoms with van der Waals surface area (Å²) in [7, 11) is 1.50. The molecule has 1 aliphatic heterocycles. The fourth-order valence-corrected chi connectivity index (χ4v) is 2.78. The van der Waals surface area contributed by atoms with Crippen molar-refractivity contribution >= 4 is 17.4 Å². The zero-order chi connectivity index (χ0) is 22.1. The van der Waals surface area contributed by atoms with Gasteiger partial charge in [0.1, 0.15) is 13.2 Å². The van der Waals surface area contributed by atoms with Crippen LogP contribution in [-0.4, -0.2) is 73.2 Å². The predicted octanol–water partition coefficient (Wildman–Crippen LogP) is 1.40. The Kier molecular flexibility index (Phi) is 8.15. The summed E-state index contributed by atoms with van der Waals surface area (Å²) < 4.78 is 29.0. The van der Waals surface area contributed by atoms with E-state index in [1.54, 1.807) is 18.2 Å². The summed E-state index contributed by atoms with van der Waals surface area (Å²) in [6.07, 6.45) is 1.21. The summed E-state index contributed by atoms with van der Waals surface area (Å²) >= 11 is 0. The molecule has 0 fully saturated rings. The Hall–Kier alpha value is -3.22. The average molecular weight is 436 g/mol. The average Bonchev–Trinajstić information content (AvgIpc) is 3.13. The molecule has 0 atom stereocenters. The van der Waals surface area contributed by atoms with E-state index < -0.39 is 16.6 Å². The lowest BCUT2D eigenvalue weighted by Gasteiger charge is -2.15. The van der Waals surface area contributed by atoms with Crippen LogP contribution >= 0.6 is 0 Å². The number of fused-ring (bicyclic) bond motifs is 1. The van der Waals surface area contributed by atoms with E-state index in [0.29, 0.717) is 63.4 Å². The SMILES string of the molecule is Cn1cnc([N+](=O)[O-])c1C(=O)Nc1ccc2c(c1)OCCOCCOCCOCCO2. The molecule has 12 heteroatoms. The molecule has 12 nitrogen and oxygen atoms in total. The number of nitrogens with zero attached hydrogens (tertiary/aromatic N) is 3. The van der Waals surface area contributed by atoms with Crippen molar-refractivity contribution in [2.45, 2.75) is 0 Å². The van der Waals surface area contributed by atoms with Gasteiger partial charge in [-0.1, -0.05) is 0 Å². The quantitative estimate of drug-likeness (QED) is 0.559. The second-order valence-corrected chi connectivity index (χ2v) is 6.43. The number of amides is 1. The summed E-state index contributed by atoms with van der Waals surface area (Å²) in [5.41, 5.74) is 0.220. The molecule has 0 spiro atoms. The molecule has 1 aliphatic rings. The number of carbonyl (C=O) groups is 1. The highest BCUT2D eigenvalue weighted by Crippen LogP contribution is 2.31. The third-order valence-corrected chi connectivity index (χ3v) is 4.22. The van der Waals surface area contributed by atoms with Gasteiger partial charge < -0.3 is 43.7 Å². The number of ether oxygens (including phenoxy) is 5. The molecule has 0 radical (unpaired) electrons. The fraction of sp³-hybridized carbons (Fsp3) is 0.474. The second-order valence-electron chi connectivity index (χ2n) is 6.43. The Morgan fingerprint density at radius 2 is 1.58 bits per heavy atom. The first-order chi connectivity index (χ1) is 15.1. The first kappa shape index (κ1) is 22.5. The lowest BCUT2D eigenvalue weighted by molar-refractivity contribution is -0.389. The van der Waals surface area contributed by atoms with Gasteiger partial charge in [-0.2, -0.15) is 0 Å². The van der Waals surface area contributed by atoms with E-state index in [1.165, 1.54) is 17.9 Å². The second kappa shape index (κ2) is 11.2. The number of aromatic nitrogens is 2. The molecular formula is C19H24N4O8. The Morgan fingerprint density at radius 1 is 1.00 bits per heavy atom. The summed E-state index contributed by atoms with van der Waals surface area (Å²) in [5, 5.41) is 13.7. The molecule has 3 rings (SSSR count). The minimum atomic E-state index is -0.704. The van der Waals surface area contributed by atoms with Crippen LogP contribution in [0.15, 0.2) is 24.5 Å². The zero-order valence-corrected chi connectivity index (χ0v) is 17.1. The monoisotopic (exact) mass is 436 g/mol. The highest BCUT2D eigenvalue weighted by atomic mass is 16.6. The standard InChI is InChI=1S/C19H24N4O8/c1-22-13-20-18(23(25)26)17(22)19(24)21-14-2-3-15-16(12-14)31-11-9-29-7-5-27-4-6-28-8-10-30-15/h2-3,12-13H,4-11H2,1H3,(H,21,24). The van der Waals surface area contributed by atoms with Gasteiger partial charge >= 0.3 is 5.82 Å². The molecule has 0 bridgehead atoms. The van der Waals surface area contributed by atoms with Gasteiger partial charge in [-0.25, -0.2) is 0 Å². The predicted molar refractivity (Wildman–Crippen MR) is 108 cm³/mol. The van der Waals surface area contributed by atoms with E-state index >= 15 is 0 Å². The third-order valence-electron chi connectivity index (χ3n) is 4.22. The van der Waals surface area contributed by atoms with Crippen LogP contribution in [0.25, 0.3) is 0 Å². The van der Waals surface area contributed by atoms with Gasteiger partial charge in [0.05, 0.1) is 39.6 Å². The Balaban J connectivity index is 1.73. The fourth-order valence-electron chi connectivity index (χ4n) is 2.78. The number of nitro groups is 1.